The Morgan fingerprint density at radius 3 is 2.37 bits per heavy atom. The average Bonchev–Trinajstić information content (AvgIpc) is 2.94. The molecule has 2 aromatic carbocycles. The highest BCUT2D eigenvalue weighted by atomic mass is 16.5. The Morgan fingerprint density at radius 2 is 1.70 bits per heavy atom. The number of carbonyl (C=O) groups excluding carboxylic acids is 1. The van der Waals surface area contributed by atoms with Crippen molar-refractivity contribution in [2.24, 2.45) is 11.7 Å². The minimum atomic E-state index is -1.74. The normalized spacial score (nSPS) is 25.7. The summed E-state index contributed by atoms with van der Waals surface area (Å²) in [6.07, 6.45) is 0. The first-order valence-electron chi connectivity index (χ1n) is 10.2. The van der Waals surface area contributed by atoms with Gasteiger partial charge in [0.05, 0.1) is 18.5 Å². The molecule has 2 fully saturated rings. The fraction of sp³-hybridized carbons (Fsp3) is 0.409. The molecule has 0 aromatic heterocycles. The Morgan fingerprint density at radius 1 is 1.07 bits per heavy atom. The third kappa shape index (κ3) is 3.63. The van der Waals surface area contributed by atoms with Crippen LogP contribution in [0.15, 0.2) is 54.6 Å². The number of methoxy groups -OCH3 is 1. The van der Waals surface area contributed by atoms with Gasteiger partial charge in [0.1, 0.15) is 11.7 Å². The van der Waals surface area contributed by atoms with Gasteiger partial charge in [0, 0.05) is 39.8 Å². The summed E-state index contributed by atoms with van der Waals surface area (Å²) in [4.78, 5) is 17.6. The second-order valence-electron chi connectivity index (χ2n) is 7.80. The van der Waals surface area contributed by atoms with Crippen LogP contribution in [-0.2, 0) is 4.79 Å². The molecule has 2 unspecified atom stereocenters. The third-order valence-electron chi connectivity index (χ3n) is 6.08. The molecule has 0 radical (unpaired) electrons. The van der Waals surface area contributed by atoms with Gasteiger partial charge in [-0.1, -0.05) is 30.3 Å². The number of carbonyl (C=O) groups is 1. The monoisotopic (exact) mass is 411 g/mol. The highest BCUT2D eigenvalue weighted by molar-refractivity contribution is 5.97. The van der Waals surface area contributed by atoms with Crippen LogP contribution in [0, 0.1) is 5.92 Å². The Kier molecular flexibility index (Phi) is 5.66. The molecule has 8 nitrogen and oxygen atoms in total. The van der Waals surface area contributed by atoms with Gasteiger partial charge in [-0.25, -0.2) is 5.01 Å². The minimum Gasteiger partial charge on any atom is -0.495 e. The van der Waals surface area contributed by atoms with Crippen molar-refractivity contribution in [1.29, 1.82) is 0 Å². The molecule has 3 N–H and O–H groups in total. The Bertz CT molecular complexity index is 883. The smallest absolute Gasteiger partial charge is 0.251 e. The van der Waals surface area contributed by atoms with Gasteiger partial charge in [0.2, 0.25) is 5.85 Å². The quantitative estimate of drug-likeness (QED) is 0.708. The van der Waals surface area contributed by atoms with Crippen molar-refractivity contribution in [3.8, 4) is 5.75 Å². The lowest BCUT2D eigenvalue weighted by Crippen LogP contribution is -2.59. The molecule has 1 amide bonds. The number of amides is 1. The zero-order valence-corrected chi connectivity index (χ0v) is 17.4. The lowest BCUT2D eigenvalue weighted by molar-refractivity contribution is -0.129. The maximum absolute atomic E-state index is 13.2. The van der Waals surface area contributed by atoms with Crippen molar-refractivity contribution < 1.29 is 14.6 Å². The number of nitrogens with zero attached hydrogens (tertiary/aromatic N) is 4. The first kappa shape index (κ1) is 20.6. The van der Waals surface area contributed by atoms with Crippen molar-refractivity contribution >= 4 is 17.3 Å². The van der Waals surface area contributed by atoms with Gasteiger partial charge in [-0.2, -0.15) is 5.01 Å². The lowest BCUT2D eigenvalue weighted by Gasteiger charge is -2.38. The van der Waals surface area contributed by atoms with Crippen LogP contribution in [0.1, 0.15) is 0 Å². The van der Waals surface area contributed by atoms with Crippen LogP contribution in [0.5, 0.6) is 5.75 Å². The number of piperazine rings is 1. The Labute approximate surface area is 177 Å². The zero-order chi connectivity index (χ0) is 21.3. The van der Waals surface area contributed by atoms with E-state index in [-0.39, 0.29) is 5.91 Å². The van der Waals surface area contributed by atoms with Crippen molar-refractivity contribution in [1.82, 2.24) is 9.91 Å². The van der Waals surface area contributed by atoms with Gasteiger partial charge in [-0.05, 0) is 24.3 Å². The van der Waals surface area contributed by atoms with E-state index in [1.54, 1.807) is 14.2 Å². The minimum absolute atomic E-state index is 0.194. The maximum Gasteiger partial charge on any atom is 0.251 e. The van der Waals surface area contributed by atoms with Crippen LogP contribution in [0.25, 0.3) is 0 Å². The number of hydrogen-bond acceptors (Lipinski definition) is 7. The SMILES string of the molecule is COc1ccccc1N1CCN(CC2C(=O)N(c3ccccc3)N(C)C2(N)O)CC1. The van der Waals surface area contributed by atoms with E-state index in [0.717, 1.165) is 37.6 Å². The van der Waals surface area contributed by atoms with Crippen LogP contribution < -0.4 is 20.4 Å². The van der Waals surface area contributed by atoms with Crippen molar-refractivity contribution in [3.05, 3.63) is 54.6 Å². The second kappa shape index (κ2) is 8.23. The van der Waals surface area contributed by atoms with Gasteiger partial charge in [-0.15, -0.1) is 0 Å². The number of ether oxygens (including phenoxy) is 1. The highest BCUT2D eigenvalue weighted by Crippen LogP contribution is 2.34. The van der Waals surface area contributed by atoms with E-state index in [0.29, 0.717) is 12.2 Å². The summed E-state index contributed by atoms with van der Waals surface area (Å²) < 4.78 is 5.48. The van der Waals surface area contributed by atoms with Crippen molar-refractivity contribution in [3.63, 3.8) is 0 Å². The topological polar surface area (TPSA) is 85.5 Å². The third-order valence-corrected chi connectivity index (χ3v) is 6.08. The first-order valence-corrected chi connectivity index (χ1v) is 10.2. The summed E-state index contributed by atoms with van der Waals surface area (Å²) >= 11 is 0. The molecule has 0 spiro atoms. The van der Waals surface area contributed by atoms with Crippen LogP contribution in [0.2, 0.25) is 0 Å². The molecule has 2 heterocycles. The summed E-state index contributed by atoms with van der Waals surface area (Å²) in [6, 6.07) is 17.2. The molecule has 2 saturated heterocycles. The molecule has 2 aliphatic heterocycles. The average molecular weight is 412 g/mol. The molecular formula is C22H29N5O3. The summed E-state index contributed by atoms with van der Waals surface area (Å²) in [5.41, 5.74) is 7.99. The maximum atomic E-state index is 13.2. The molecule has 30 heavy (non-hydrogen) atoms. The van der Waals surface area contributed by atoms with Crippen LogP contribution >= 0.6 is 0 Å². The van der Waals surface area contributed by atoms with E-state index in [4.69, 9.17) is 10.5 Å². The van der Waals surface area contributed by atoms with E-state index < -0.39 is 11.8 Å². The number of anilines is 2. The molecule has 2 atom stereocenters. The van der Waals surface area contributed by atoms with E-state index in [9.17, 15) is 9.90 Å². The fourth-order valence-electron chi connectivity index (χ4n) is 4.27. The molecule has 0 bridgehead atoms. The number of hydrazine groups is 1. The Hall–Kier alpha value is -2.65. The summed E-state index contributed by atoms with van der Waals surface area (Å²) in [7, 11) is 3.32. The van der Waals surface area contributed by atoms with E-state index in [1.165, 1.54) is 10.0 Å². The number of aliphatic hydroxyl groups is 1. The summed E-state index contributed by atoms with van der Waals surface area (Å²) in [6.45, 7) is 3.56. The van der Waals surface area contributed by atoms with E-state index >= 15 is 0 Å². The van der Waals surface area contributed by atoms with Crippen molar-refractivity contribution in [2.45, 2.75) is 5.85 Å². The molecule has 2 aromatic rings. The number of para-hydroxylation sites is 3. The largest absolute Gasteiger partial charge is 0.495 e. The van der Waals surface area contributed by atoms with Gasteiger partial charge in [-0.3, -0.25) is 15.4 Å². The molecule has 8 heteroatoms. The standard InChI is InChI=1S/C22H29N5O3/c1-24-22(23,29)18(21(28)27(24)17-8-4-3-5-9-17)16-25-12-14-26(15-13-25)19-10-6-7-11-20(19)30-2/h3-11,18,29H,12-16,23H2,1-2H3. The summed E-state index contributed by atoms with van der Waals surface area (Å²) in [5, 5.41) is 13.8. The summed E-state index contributed by atoms with van der Waals surface area (Å²) in [5.74, 6) is -1.82. The van der Waals surface area contributed by atoms with Crippen LogP contribution in [0.3, 0.4) is 0 Å². The van der Waals surface area contributed by atoms with E-state index in [2.05, 4.69) is 15.9 Å². The van der Waals surface area contributed by atoms with Gasteiger partial charge in [0.15, 0.2) is 0 Å². The molecule has 2 aliphatic rings. The number of benzene rings is 2. The van der Waals surface area contributed by atoms with E-state index in [1.807, 2.05) is 48.5 Å². The first-order chi connectivity index (χ1) is 14.4. The zero-order valence-electron chi connectivity index (χ0n) is 17.4. The lowest BCUT2D eigenvalue weighted by atomic mass is 10.0. The second-order valence-corrected chi connectivity index (χ2v) is 7.80. The van der Waals surface area contributed by atoms with Gasteiger partial charge >= 0.3 is 0 Å². The Balaban J connectivity index is 1.44. The molecular weight excluding hydrogens is 382 g/mol. The van der Waals surface area contributed by atoms with Gasteiger partial charge in [0.25, 0.3) is 5.91 Å². The van der Waals surface area contributed by atoms with Crippen LogP contribution in [0.4, 0.5) is 11.4 Å². The highest BCUT2D eigenvalue weighted by Gasteiger charge is 2.54. The molecule has 0 aliphatic carbocycles. The van der Waals surface area contributed by atoms with Crippen LogP contribution in [-0.4, -0.2) is 73.7 Å². The number of nitrogens with two attached hydrogens (primary N) is 1. The number of hydrogen-bond donors (Lipinski definition) is 2. The predicted octanol–water partition coefficient (Wildman–Crippen LogP) is 0.932. The predicted molar refractivity (Wildman–Crippen MR) is 116 cm³/mol. The van der Waals surface area contributed by atoms with Crippen molar-refractivity contribution in [2.75, 3.05) is 56.8 Å². The molecule has 160 valence electrons. The fourth-order valence-corrected chi connectivity index (χ4v) is 4.27. The number of rotatable bonds is 5. The molecule has 0 saturated carbocycles. The molecule has 4 rings (SSSR count). The van der Waals surface area contributed by atoms with Gasteiger partial charge < -0.3 is 14.7 Å².